The summed E-state index contributed by atoms with van der Waals surface area (Å²) >= 11 is 1.58. The van der Waals surface area contributed by atoms with Crippen LogP contribution in [-0.2, 0) is 0 Å². The van der Waals surface area contributed by atoms with E-state index in [-0.39, 0.29) is 18.1 Å². The van der Waals surface area contributed by atoms with E-state index in [2.05, 4.69) is 10.5 Å². The van der Waals surface area contributed by atoms with Gasteiger partial charge in [0.15, 0.2) is 5.69 Å². The van der Waals surface area contributed by atoms with Crippen molar-refractivity contribution < 1.29 is 18.8 Å². The first-order valence-corrected chi connectivity index (χ1v) is 8.70. The monoisotopic (exact) mass is 344 g/mol. The Bertz CT molecular complexity index is 833. The Morgan fingerprint density at radius 3 is 3.04 bits per heavy atom. The van der Waals surface area contributed by atoms with Crippen LogP contribution in [0.4, 0.5) is 0 Å². The molecule has 1 atom stereocenters. The maximum absolute atomic E-state index is 12.1. The number of hydrogen-bond donors (Lipinski definition) is 2. The predicted octanol–water partition coefficient (Wildman–Crippen LogP) is 3.34. The summed E-state index contributed by atoms with van der Waals surface area (Å²) in [6.45, 7) is 0.0427. The lowest BCUT2D eigenvalue weighted by atomic mass is 10.2. The van der Waals surface area contributed by atoms with Crippen molar-refractivity contribution in [1.29, 1.82) is 0 Å². The largest absolute Gasteiger partial charge is 0.458 e. The molecule has 1 aliphatic carbocycles. The van der Waals surface area contributed by atoms with Crippen molar-refractivity contribution in [2.24, 2.45) is 0 Å². The Morgan fingerprint density at radius 2 is 2.29 bits per heavy atom. The summed E-state index contributed by atoms with van der Waals surface area (Å²) in [5.41, 5.74) is 1.21. The Morgan fingerprint density at radius 1 is 1.42 bits per heavy atom. The van der Waals surface area contributed by atoms with Crippen molar-refractivity contribution in [2.45, 2.75) is 24.9 Å². The van der Waals surface area contributed by atoms with Crippen LogP contribution in [0.2, 0.25) is 0 Å². The highest BCUT2D eigenvalue weighted by Gasteiger charge is 2.29. The number of carbonyl (C=O) groups excluding carboxylic acids is 1. The van der Waals surface area contributed by atoms with E-state index in [0.29, 0.717) is 17.4 Å². The topological polar surface area (TPSA) is 88.5 Å². The van der Waals surface area contributed by atoms with E-state index in [1.807, 2.05) is 22.9 Å². The molecule has 3 aromatic rings. The van der Waals surface area contributed by atoms with Gasteiger partial charge < -0.3 is 19.4 Å². The molecule has 124 valence electrons. The average Bonchev–Trinajstić information content (AvgIpc) is 3.07. The van der Waals surface area contributed by atoms with Gasteiger partial charge in [-0.1, -0.05) is 5.16 Å². The van der Waals surface area contributed by atoms with Crippen LogP contribution in [0, 0.1) is 0 Å². The number of carbonyl (C=O) groups is 1. The summed E-state index contributed by atoms with van der Waals surface area (Å²) in [6, 6.07) is 7.14. The van der Waals surface area contributed by atoms with Crippen molar-refractivity contribution in [3.63, 3.8) is 0 Å². The van der Waals surface area contributed by atoms with Gasteiger partial charge >= 0.3 is 0 Å². The molecule has 3 heterocycles. The van der Waals surface area contributed by atoms with Gasteiger partial charge in [0.2, 0.25) is 0 Å². The normalized spacial score (nSPS) is 15.4. The number of furan rings is 1. The molecule has 1 fully saturated rings. The molecule has 0 radical (unpaired) electrons. The first-order chi connectivity index (χ1) is 11.7. The molecule has 4 rings (SSSR count). The number of nitrogens with one attached hydrogen (secondary N) is 1. The minimum atomic E-state index is -0.920. The molecule has 0 spiro atoms. The van der Waals surface area contributed by atoms with E-state index in [4.69, 9.17) is 8.94 Å². The maximum Gasteiger partial charge on any atom is 0.273 e. The molecule has 7 heteroatoms. The van der Waals surface area contributed by atoms with Gasteiger partial charge in [-0.25, -0.2) is 0 Å². The van der Waals surface area contributed by atoms with Gasteiger partial charge in [0.1, 0.15) is 23.4 Å². The molecule has 0 saturated heterocycles. The molecule has 1 saturated carbocycles. The number of amides is 1. The average molecular weight is 344 g/mol. The van der Waals surface area contributed by atoms with Crippen molar-refractivity contribution in [3.8, 4) is 11.3 Å². The van der Waals surface area contributed by atoms with Crippen LogP contribution < -0.4 is 5.32 Å². The molecule has 1 unspecified atom stereocenters. The third kappa shape index (κ3) is 3.13. The molecule has 24 heavy (non-hydrogen) atoms. The third-order valence-electron chi connectivity index (χ3n) is 3.96. The van der Waals surface area contributed by atoms with E-state index in [1.165, 1.54) is 0 Å². The number of thiophene rings is 1. The molecule has 6 nitrogen and oxygen atoms in total. The van der Waals surface area contributed by atoms with Gasteiger partial charge in [-0.2, -0.15) is 11.3 Å². The Kier molecular flexibility index (Phi) is 3.95. The minimum Gasteiger partial charge on any atom is -0.458 e. The number of hydrogen-bond acceptors (Lipinski definition) is 6. The zero-order chi connectivity index (χ0) is 16.5. The second-order valence-electron chi connectivity index (χ2n) is 5.83. The first-order valence-electron chi connectivity index (χ1n) is 7.76. The fourth-order valence-electron chi connectivity index (χ4n) is 2.43. The lowest BCUT2D eigenvalue weighted by Gasteiger charge is -2.08. The van der Waals surface area contributed by atoms with Crippen LogP contribution in [0.25, 0.3) is 11.3 Å². The number of nitrogens with zero attached hydrogens (tertiary/aromatic N) is 1. The summed E-state index contributed by atoms with van der Waals surface area (Å²) in [5, 5.41) is 20.5. The van der Waals surface area contributed by atoms with E-state index in [1.54, 1.807) is 23.5 Å². The van der Waals surface area contributed by atoms with Gasteiger partial charge in [-0.15, -0.1) is 0 Å². The quantitative estimate of drug-likeness (QED) is 0.716. The molecule has 1 aliphatic rings. The van der Waals surface area contributed by atoms with Crippen LogP contribution in [0.1, 0.15) is 46.9 Å². The predicted molar refractivity (Wildman–Crippen MR) is 87.8 cm³/mol. The Hall–Kier alpha value is -2.38. The molecule has 3 aromatic heterocycles. The first kappa shape index (κ1) is 15.2. The van der Waals surface area contributed by atoms with E-state index >= 15 is 0 Å². The van der Waals surface area contributed by atoms with Gasteiger partial charge in [0.25, 0.3) is 5.91 Å². The Labute approximate surface area is 142 Å². The van der Waals surface area contributed by atoms with Gasteiger partial charge in [-0.05, 0) is 36.4 Å². The van der Waals surface area contributed by atoms with E-state index in [9.17, 15) is 9.90 Å². The van der Waals surface area contributed by atoms with Gasteiger partial charge in [-0.3, -0.25) is 4.79 Å². The van der Waals surface area contributed by atoms with Crippen molar-refractivity contribution in [3.05, 3.63) is 52.2 Å². The highest BCUT2D eigenvalue weighted by molar-refractivity contribution is 7.08. The van der Waals surface area contributed by atoms with Crippen LogP contribution in [-0.4, -0.2) is 22.7 Å². The summed E-state index contributed by atoms with van der Waals surface area (Å²) in [6.07, 6.45) is 1.25. The number of aliphatic hydroxyl groups excluding tert-OH is 1. The zero-order valence-electron chi connectivity index (χ0n) is 12.8. The maximum atomic E-state index is 12.1. The summed E-state index contributed by atoms with van der Waals surface area (Å²) in [7, 11) is 0. The number of aliphatic hydroxyl groups is 1. The summed E-state index contributed by atoms with van der Waals surface area (Å²) in [5.74, 6) is 1.90. The SMILES string of the molecule is O=C(NCC(O)c1ccc(-c2ccsc2)o1)c1cc(C2CC2)on1. The van der Waals surface area contributed by atoms with Crippen molar-refractivity contribution >= 4 is 17.2 Å². The van der Waals surface area contributed by atoms with Gasteiger partial charge in [0, 0.05) is 22.9 Å². The molecular weight excluding hydrogens is 328 g/mol. The van der Waals surface area contributed by atoms with Crippen LogP contribution in [0.3, 0.4) is 0 Å². The number of aromatic nitrogens is 1. The zero-order valence-corrected chi connectivity index (χ0v) is 13.6. The minimum absolute atomic E-state index is 0.0427. The van der Waals surface area contributed by atoms with Crippen LogP contribution in [0.5, 0.6) is 0 Å². The molecular formula is C17H16N2O4S. The molecule has 0 aromatic carbocycles. The highest BCUT2D eigenvalue weighted by atomic mass is 32.1. The molecule has 0 aliphatic heterocycles. The highest BCUT2D eigenvalue weighted by Crippen LogP contribution is 2.40. The van der Waals surface area contributed by atoms with Gasteiger partial charge in [0.05, 0.1) is 6.54 Å². The fourth-order valence-corrected chi connectivity index (χ4v) is 3.07. The van der Waals surface area contributed by atoms with Crippen molar-refractivity contribution in [2.75, 3.05) is 6.54 Å². The molecule has 2 N–H and O–H groups in total. The second kappa shape index (κ2) is 6.26. The Balaban J connectivity index is 1.35. The van der Waals surface area contributed by atoms with E-state index < -0.39 is 6.10 Å². The van der Waals surface area contributed by atoms with Crippen LogP contribution in [0.15, 0.2) is 44.0 Å². The van der Waals surface area contributed by atoms with Crippen molar-refractivity contribution in [1.82, 2.24) is 10.5 Å². The van der Waals surface area contributed by atoms with Crippen LogP contribution >= 0.6 is 11.3 Å². The second-order valence-corrected chi connectivity index (χ2v) is 6.61. The lowest BCUT2D eigenvalue weighted by molar-refractivity contribution is 0.0893. The fraction of sp³-hybridized carbons (Fsp3) is 0.294. The van der Waals surface area contributed by atoms with E-state index in [0.717, 1.165) is 24.2 Å². The summed E-state index contributed by atoms with van der Waals surface area (Å²) in [4.78, 5) is 12.1. The summed E-state index contributed by atoms with van der Waals surface area (Å²) < 4.78 is 10.8. The third-order valence-corrected chi connectivity index (χ3v) is 4.64. The number of rotatable bonds is 6. The standard InChI is InChI=1S/C17H16N2O4S/c20-13(15-4-3-14(22-15)11-5-6-24-9-11)8-18-17(21)12-7-16(23-19-12)10-1-2-10/h3-7,9-10,13,20H,1-2,8H2,(H,18,21). The molecule has 0 bridgehead atoms. The smallest absolute Gasteiger partial charge is 0.273 e. The molecule has 1 amide bonds. The lowest BCUT2D eigenvalue weighted by Crippen LogP contribution is -2.28.